The number of nitrogens with zero attached hydrogens (tertiary/aromatic N) is 4. The van der Waals surface area contributed by atoms with Gasteiger partial charge >= 0.3 is 0 Å². The van der Waals surface area contributed by atoms with E-state index in [0.29, 0.717) is 33.5 Å². The van der Waals surface area contributed by atoms with E-state index in [2.05, 4.69) is 0 Å². The molecule has 0 aliphatic heterocycles. The second-order valence-electron chi connectivity index (χ2n) is 9.31. The third kappa shape index (κ3) is 6.59. The summed E-state index contributed by atoms with van der Waals surface area (Å²) in [6.07, 6.45) is 0.719. The number of ether oxygens (including phenoxy) is 1. The molecule has 39 heavy (non-hydrogen) atoms. The maximum Gasteiger partial charge on any atom is 0.260 e. The lowest BCUT2D eigenvalue weighted by atomic mass is 10.2. The SMILES string of the molecule is COc1ccc(Cl)c2sc(N(CCCN(C)C)C(=O)c3ccc(S(=O)(=O)N(C)Cc4ccccc4)cc3)nc12. The number of benzene rings is 3. The van der Waals surface area contributed by atoms with Gasteiger partial charge in [-0.3, -0.25) is 9.69 Å². The molecule has 1 amide bonds. The van der Waals surface area contributed by atoms with Crippen molar-refractivity contribution in [3.05, 3.63) is 82.9 Å². The molecule has 0 bridgehead atoms. The van der Waals surface area contributed by atoms with Crippen molar-refractivity contribution >= 4 is 54.2 Å². The van der Waals surface area contributed by atoms with Gasteiger partial charge < -0.3 is 9.64 Å². The Morgan fingerprint density at radius 3 is 2.31 bits per heavy atom. The summed E-state index contributed by atoms with van der Waals surface area (Å²) in [5, 5.41) is 1.03. The topological polar surface area (TPSA) is 83.0 Å². The maximum absolute atomic E-state index is 13.7. The Bertz CT molecular complexity index is 1540. The highest BCUT2D eigenvalue weighted by atomic mass is 35.5. The minimum absolute atomic E-state index is 0.119. The minimum atomic E-state index is -3.74. The monoisotopic (exact) mass is 586 g/mol. The van der Waals surface area contributed by atoms with Crippen molar-refractivity contribution in [1.29, 1.82) is 0 Å². The summed E-state index contributed by atoms with van der Waals surface area (Å²) >= 11 is 7.75. The zero-order chi connectivity index (χ0) is 28.2. The van der Waals surface area contributed by atoms with Crippen LogP contribution in [0.25, 0.3) is 10.2 Å². The first-order valence-corrected chi connectivity index (χ1v) is 14.9. The fraction of sp³-hybridized carbons (Fsp3) is 0.286. The molecule has 0 fully saturated rings. The molecule has 1 heterocycles. The molecule has 0 spiro atoms. The van der Waals surface area contributed by atoms with Crippen molar-refractivity contribution in [2.45, 2.75) is 17.9 Å². The summed E-state index contributed by atoms with van der Waals surface area (Å²) in [5.74, 6) is 0.302. The van der Waals surface area contributed by atoms with Crippen LogP contribution in [0.1, 0.15) is 22.3 Å². The summed E-state index contributed by atoms with van der Waals surface area (Å²) in [4.78, 5) is 22.2. The van der Waals surface area contributed by atoms with Crippen LogP contribution in [-0.2, 0) is 16.6 Å². The van der Waals surface area contributed by atoms with Gasteiger partial charge in [0.2, 0.25) is 10.0 Å². The summed E-state index contributed by atoms with van der Waals surface area (Å²) in [7, 11) is 3.31. The average Bonchev–Trinajstić information content (AvgIpc) is 3.37. The van der Waals surface area contributed by atoms with E-state index in [4.69, 9.17) is 21.3 Å². The standard InChI is InChI=1S/C28H31ClN4O4S2/c1-31(2)17-8-18-33(28-30-25-24(37-4)16-15-23(29)26(25)38-28)27(34)21-11-13-22(14-12-21)39(35,36)32(3)19-20-9-6-5-7-10-20/h5-7,9-16H,8,17-19H2,1-4H3. The number of methoxy groups -OCH3 is 1. The van der Waals surface area contributed by atoms with Crippen LogP contribution in [-0.4, -0.2) is 69.9 Å². The fourth-order valence-corrected chi connectivity index (χ4v) is 6.52. The first-order valence-electron chi connectivity index (χ1n) is 12.3. The molecule has 0 N–H and O–H groups in total. The lowest BCUT2D eigenvalue weighted by molar-refractivity contribution is 0.0986. The van der Waals surface area contributed by atoms with Crippen molar-refractivity contribution in [2.24, 2.45) is 0 Å². The van der Waals surface area contributed by atoms with Crippen molar-refractivity contribution in [2.75, 3.05) is 46.2 Å². The summed E-state index contributed by atoms with van der Waals surface area (Å²) in [6, 6.07) is 18.9. The van der Waals surface area contributed by atoms with E-state index in [9.17, 15) is 13.2 Å². The van der Waals surface area contributed by atoms with E-state index in [-0.39, 0.29) is 17.3 Å². The Morgan fingerprint density at radius 2 is 1.67 bits per heavy atom. The molecular weight excluding hydrogens is 556 g/mol. The van der Waals surface area contributed by atoms with E-state index in [1.807, 2.05) is 49.3 Å². The van der Waals surface area contributed by atoms with Crippen LogP contribution in [0.3, 0.4) is 0 Å². The second kappa shape index (κ2) is 12.4. The number of hydrogen-bond donors (Lipinski definition) is 0. The minimum Gasteiger partial charge on any atom is -0.494 e. The number of aromatic nitrogens is 1. The molecule has 8 nitrogen and oxygen atoms in total. The average molecular weight is 587 g/mol. The van der Waals surface area contributed by atoms with Gasteiger partial charge in [0.25, 0.3) is 5.91 Å². The number of hydrogen-bond acceptors (Lipinski definition) is 7. The third-order valence-corrected chi connectivity index (χ3v) is 9.54. The largest absolute Gasteiger partial charge is 0.494 e. The number of rotatable bonds is 11. The quantitative estimate of drug-likeness (QED) is 0.235. The summed E-state index contributed by atoms with van der Waals surface area (Å²) in [5.41, 5.74) is 1.84. The molecule has 0 saturated heterocycles. The highest BCUT2D eigenvalue weighted by molar-refractivity contribution is 7.89. The molecule has 3 aromatic carbocycles. The Kier molecular flexibility index (Phi) is 9.24. The van der Waals surface area contributed by atoms with Crippen LogP contribution in [0, 0.1) is 0 Å². The first kappa shape index (κ1) is 29.0. The van der Waals surface area contributed by atoms with E-state index in [0.717, 1.165) is 23.2 Å². The lowest BCUT2D eigenvalue weighted by Crippen LogP contribution is -2.33. The van der Waals surface area contributed by atoms with Gasteiger partial charge in [0.15, 0.2) is 5.13 Å². The number of fused-ring (bicyclic) bond motifs is 1. The van der Waals surface area contributed by atoms with E-state index >= 15 is 0 Å². The molecule has 0 saturated carbocycles. The third-order valence-electron chi connectivity index (χ3n) is 6.19. The summed E-state index contributed by atoms with van der Waals surface area (Å²) < 4.78 is 33.8. The van der Waals surface area contributed by atoms with Gasteiger partial charge in [-0.2, -0.15) is 4.31 Å². The smallest absolute Gasteiger partial charge is 0.260 e. The van der Waals surface area contributed by atoms with Gasteiger partial charge in [-0.05, 0) is 69.0 Å². The zero-order valence-corrected chi connectivity index (χ0v) is 24.7. The molecule has 4 aromatic rings. The van der Waals surface area contributed by atoms with E-state index in [1.54, 1.807) is 43.3 Å². The molecule has 11 heteroatoms. The van der Waals surface area contributed by atoms with Crippen molar-refractivity contribution < 1.29 is 17.9 Å². The lowest BCUT2D eigenvalue weighted by Gasteiger charge is -2.21. The van der Waals surface area contributed by atoms with Crippen LogP contribution in [0.2, 0.25) is 5.02 Å². The van der Waals surface area contributed by atoms with Gasteiger partial charge in [0.1, 0.15) is 11.3 Å². The van der Waals surface area contributed by atoms with E-state index in [1.165, 1.54) is 27.8 Å². The Hall–Kier alpha value is -3.02. The molecule has 0 aliphatic carbocycles. The first-order chi connectivity index (χ1) is 18.6. The van der Waals surface area contributed by atoms with Crippen LogP contribution < -0.4 is 9.64 Å². The molecule has 0 aliphatic rings. The predicted octanol–water partition coefficient (Wildman–Crippen LogP) is 5.38. The second-order valence-corrected chi connectivity index (χ2v) is 12.7. The van der Waals surface area contributed by atoms with Gasteiger partial charge in [-0.25, -0.2) is 13.4 Å². The number of sulfonamides is 1. The number of carbonyl (C=O) groups excluding carboxylic acids is 1. The normalized spacial score (nSPS) is 11.9. The van der Waals surface area contributed by atoms with Gasteiger partial charge in [0, 0.05) is 25.7 Å². The predicted molar refractivity (Wildman–Crippen MR) is 158 cm³/mol. The van der Waals surface area contributed by atoms with Gasteiger partial charge in [-0.1, -0.05) is 53.3 Å². The molecule has 0 radical (unpaired) electrons. The molecule has 1 aromatic heterocycles. The van der Waals surface area contributed by atoms with Gasteiger partial charge in [-0.15, -0.1) is 0 Å². The molecule has 4 rings (SSSR count). The van der Waals surface area contributed by atoms with Crippen LogP contribution in [0.4, 0.5) is 5.13 Å². The summed E-state index contributed by atoms with van der Waals surface area (Å²) in [6.45, 7) is 1.45. The molecule has 0 atom stereocenters. The highest BCUT2D eigenvalue weighted by Gasteiger charge is 2.25. The molecule has 0 unspecified atom stereocenters. The van der Waals surface area contributed by atoms with Gasteiger partial charge in [0.05, 0.1) is 21.7 Å². The Balaban J connectivity index is 1.61. The van der Waals surface area contributed by atoms with Crippen molar-refractivity contribution in [1.82, 2.24) is 14.2 Å². The number of amides is 1. The maximum atomic E-state index is 13.7. The van der Waals surface area contributed by atoms with E-state index < -0.39 is 10.0 Å². The number of carbonyl (C=O) groups is 1. The van der Waals surface area contributed by atoms with Crippen molar-refractivity contribution in [3.63, 3.8) is 0 Å². The molecule has 206 valence electrons. The highest BCUT2D eigenvalue weighted by Crippen LogP contribution is 2.39. The number of anilines is 1. The van der Waals surface area contributed by atoms with Crippen LogP contribution in [0.5, 0.6) is 5.75 Å². The zero-order valence-electron chi connectivity index (χ0n) is 22.3. The molecular formula is C28H31ClN4O4S2. The van der Waals surface area contributed by atoms with Crippen LogP contribution >= 0.6 is 22.9 Å². The van der Waals surface area contributed by atoms with Crippen LogP contribution in [0.15, 0.2) is 71.6 Å². The van der Waals surface area contributed by atoms with Crippen molar-refractivity contribution in [3.8, 4) is 5.75 Å². The Labute approximate surface area is 238 Å². The number of thiazole rings is 1. The Morgan fingerprint density at radius 1 is 0.974 bits per heavy atom. The fourth-order valence-electron chi connectivity index (χ4n) is 4.08. The number of halogens is 1.